The zero-order valence-electron chi connectivity index (χ0n) is 9.63. The third kappa shape index (κ3) is 2.83. The Morgan fingerprint density at radius 3 is 2.72 bits per heavy atom. The molecule has 1 amide bonds. The number of carbonyl (C=O) groups is 1. The number of benzene rings is 1. The number of hydrogen-bond donors (Lipinski definition) is 2. The number of aryl methyl sites for hydroxylation is 1. The van der Waals surface area contributed by atoms with E-state index >= 15 is 0 Å². The number of hydrogen-bond acceptors (Lipinski definition) is 2. The molecule has 1 aromatic carbocycles. The van der Waals surface area contributed by atoms with E-state index in [4.69, 9.17) is 23.2 Å². The van der Waals surface area contributed by atoms with E-state index in [9.17, 15) is 4.79 Å². The van der Waals surface area contributed by atoms with Crippen LogP contribution in [0.15, 0.2) is 24.3 Å². The van der Waals surface area contributed by atoms with Gasteiger partial charge in [-0.1, -0.05) is 30.1 Å². The van der Waals surface area contributed by atoms with Gasteiger partial charge < -0.3 is 5.32 Å². The summed E-state index contributed by atoms with van der Waals surface area (Å²) in [4.78, 5) is 11.9. The Kier molecular flexibility index (Phi) is 3.89. The molecule has 94 valence electrons. The number of halogens is 2. The van der Waals surface area contributed by atoms with Crippen LogP contribution in [0.2, 0.25) is 10.0 Å². The number of rotatable bonds is 3. The SMILES string of the molecule is CCc1cc(NC(=O)c2ccc(Cl)c(Cl)c2)n[nH]1. The third-order valence-corrected chi connectivity index (χ3v) is 3.17. The summed E-state index contributed by atoms with van der Waals surface area (Å²) in [6, 6.07) is 6.50. The molecule has 6 heteroatoms. The lowest BCUT2D eigenvalue weighted by Crippen LogP contribution is -2.12. The van der Waals surface area contributed by atoms with Crippen LogP contribution in [-0.2, 0) is 6.42 Å². The number of nitrogens with one attached hydrogen (secondary N) is 2. The fourth-order valence-electron chi connectivity index (χ4n) is 1.43. The van der Waals surface area contributed by atoms with Crippen LogP contribution >= 0.6 is 23.2 Å². The lowest BCUT2D eigenvalue weighted by atomic mass is 10.2. The summed E-state index contributed by atoms with van der Waals surface area (Å²) in [5.41, 5.74) is 1.39. The summed E-state index contributed by atoms with van der Waals surface area (Å²) in [5, 5.41) is 10.2. The lowest BCUT2D eigenvalue weighted by molar-refractivity contribution is 0.102. The van der Waals surface area contributed by atoms with Crippen molar-refractivity contribution in [1.29, 1.82) is 0 Å². The van der Waals surface area contributed by atoms with Crippen LogP contribution in [-0.4, -0.2) is 16.1 Å². The predicted molar refractivity (Wildman–Crippen MR) is 72.4 cm³/mol. The molecular weight excluding hydrogens is 273 g/mol. The van der Waals surface area contributed by atoms with Crippen LogP contribution < -0.4 is 5.32 Å². The van der Waals surface area contributed by atoms with E-state index < -0.39 is 0 Å². The van der Waals surface area contributed by atoms with Crippen molar-refractivity contribution in [2.75, 3.05) is 5.32 Å². The maximum Gasteiger partial charge on any atom is 0.256 e. The standard InChI is InChI=1S/C12H11Cl2N3O/c1-2-8-6-11(17-16-8)15-12(18)7-3-4-9(13)10(14)5-7/h3-6H,2H2,1H3,(H2,15,16,17,18). The summed E-state index contributed by atoms with van der Waals surface area (Å²) in [5.74, 6) is 0.214. The Hall–Kier alpha value is -1.52. The van der Waals surface area contributed by atoms with Crippen molar-refractivity contribution < 1.29 is 4.79 Å². The predicted octanol–water partition coefficient (Wildman–Crippen LogP) is 3.53. The summed E-state index contributed by atoms with van der Waals surface area (Å²) < 4.78 is 0. The van der Waals surface area contributed by atoms with Gasteiger partial charge in [0.1, 0.15) is 0 Å². The van der Waals surface area contributed by atoms with E-state index in [-0.39, 0.29) is 5.91 Å². The molecule has 2 N–H and O–H groups in total. The van der Waals surface area contributed by atoms with E-state index in [0.29, 0.717) is 21.4 Å². The van der Waals surface area contributed by atoms with E-state index in [2.05, 4.69) is 15.5 Å². The smallest absolute Gasteiger partial charge is 0.256 e. The molecule has 2 rings (SSSR count). The minimum atomic E-state index is -0.275. The van der Waals surface area contributed by atoms with Gasteiger partial charge in [-0.15, -0.1) is 0 Å². The minimum absolute atomic E-state index is 0.275. The molecule has 1 heterocycles. The molecule has 0 saturated heterocycles. The van der Waals surface area contributed by atoms with Gasteiger partial charge >= 0.3 is 0 Å². The van der Waals surface area contributed by atoms with Gasteiger partial charge in [0.15, 0.2) is 5.82 Å². The molecular formula is C12H11Cl2N3O. The number of anilines is 1. The first-order valence-corrected chi connectivity index (χ1v) is 6.16. The number of aromatic amines is 1. The van der Waals surface area contributed by atoms with Crippen molar-refractivity contribution in [3.63, 3.8) is 0 Å². The van der Waals surface area contributed by atoms with Crippen LogP contribution in [0.3, 0.4) is 0 Å². The van der Waals surface area contributed by atoms with Gasteiger partial charge in [0, 0.05) is 17.3 Å². The van der Waals surface area contributed by atoms with Crippen LogP contribution in [0.1, 0.15) is 23.0 Å². The first kappa shape index (κ1) is 12.9. The van der Waals surface area contributed by atoms with Gasteiger partial charge in [-0.3, -0.25) is 9.89 Å². The van der Waals surface area contributed by atoms with Crippen molar-refractivity contribution in [3.05, 3.63) is 45.6 Å². The second kappa shape index (κ2) is 5.42. The summed E-state index contributed by atoms with van der Waals surface area (Å²) in [6.07, 6.45) is 0.829. The molecule has 2 aromatic rings. The normalized spacial score (nSPS) is 10.4. The van der Waals surface area contributed by atoms with Crippen LogP contribution in [0.5, 0.6) is 0 Å². The monoisotopic (exact) mass is 283 g/mol. The molecule has 0 spiro atoms. The number of amides is 1. The number of carbonyl (C=O) groups excluding carboxylic acids is 1. The Bertz CT molecular complexity index is 580. The maximum absolute atomic E-state index is 11.9. The van der Waals surface area contributed by atoms with E-state index in [1.807, 2.05) is 6.92 Å². The molecule has 0 aliphatic carbocycles. The van der Waals surface area contributed by atoms with Crippen LogP contribution in [0, 0.1) is 0 Å². The zero-order valence-corrected chi connectivity index (χ0v) is 11.1. The highest BCUT2D eigenvalue weighted by Crippen LogP contribution is 2.23. The van der Waals surface area contributed by atoms with Gasteiger partial charge in [-0.2, -0.15) is 5.10 Å². The first-order chi connectivity index (χ1) is 8.60. The van der Waals surface area contributed by atoms with E-state index in [0.717, 1.165) is 12.1 Å². The minimum Gasteiger partial charge on any atom is -0.305 e. The van der Waals surface area contributed by atoms with Crippen molar-refractivity contribution >= 4 is 34.9 Å². The second-order valence-electron chi connectivity index (χ2n) is 3.71. The Balaban J connectivity index is 2.14. The Labute approximate surface area is 114 Å². The summed E-state index contributed by atoms with van der Waals surface area (Å²) in [6.45, 7) is 2.00. The van der Waals surface area contributed by atoms with Crippen molar-refractivity contribution in [2.24, 2.45) is 0 Å². The third-order valence-electron chi connectivity index (χ3n) is 2.44. The highest BCUT2D eigenvalue weighted by molar-refractivity contribution is 6.42. The topological polar surface area (TPSA) is 57.8 Å². The van der Waals surface area contributed by atoms with Crippen molar-refractivity contribution in [3.8, 4) is 0 Å². The van der Waals surface area contributed by atoms with E-state index in [1.165, 1.54) is 6.07 Å². The highest BCUT2D eigenvalue weighted by atomic mass is 35.5. The zero-order chi connectivity index (χ0) is 13.1. The molecule has 0 saturated carbocycles. The molecule has 0 radical (unpaired) electrons. The van der Waals surface area contributed by atoms with Gasteiger partial charge in [0.05, 0.1) is 10.0 Å². The number of aromatic nitrogens is 2. The molecule has 0 aliphatic rings. The molecule has 4 nitrogen and oxygen atoms in total. The number of nitrogens with zero attached hydrogens (tertiary/aromatic N) is 1. The lowest BCUT2D eigenvalue weighted by Gasteiger charge is -2.03. The first-order valence-electron chi connectivity index (χ1n) is 5.41. The molecule has 0 atom stereocenters. The fraction of sp³-hybridized carbons (Fsp3) is 0.167. The Morgan fingerprint density at radius 1 is 1.33 bits per heavy atom. The molecule has 0 unspecified atom stereocenters. The van der Waals surface area contributed by atoms with Gasteiger partial charge in [-0.25, -0.2) is 0 Å². The van der Waals surface area contributed by atoms with Gasteiger partial charge in [0.25, 0.3) is 5.91 Å². The second-order valence-corrected chi connectivity index (χ2v) is 4.53. The fourth-order valence-corrected chi connectivity index (χ4v) is 1.73. The van der Waals surface area contributed by atoms with Gasteiger partial charge in [-0.05, 0) is 24.6 Å². The van der Waals surface area contributed by atoms with Crippen molar-refractivity contribution in [2.45, 2.75) is 13.3 Å². The van der Waals surface area contributed by atoms with Gasteiger partial charge in [0.2, 0.25) is 0 Å². The largest absolute Gasteiger partial charge is 0.305 e. The van der Waals surface area contributed by atoms with Crippen LogP contribution in [0.4, 0.5) is 5.82 Å². The van der Waals surface area contributed by atoms with Crippen LogP contribution in [0.25, 0.3) is 0 Å². The molecule has 0 aliphatic heterocycles. The highest BCUT2D eigenvalue weighted by Gasteiger charge is 2.10. The van der Waals surface area contributed by atoms with E-state index in [1.54, 1.807) is 18.2 Å². The average molecular weight is 284 g/mol. The number of H-pyrrole nitrogens is 1. The quantitative estimate of drug-likeness (QED) is 0.905. The van der Waals surface area contributed by atoms with Crippen molar-refractivity contribution in [1.82, 2.24) is 10.2 Å². The molecule has 18 heavy (non-hydrogen) atoms. The molecule has 1 aromatic heterocycles. The summed E-state index contributed by atoms with van der Waals surface area (Å²) >= 11 is 11.6. The maximum atomic E-state index is 11.9. The molecule has 0 bridgehead atoms. The Morgan fingerprint density at radius 2 is 2.11 bits per heavy atom. The summed E-state index contributed by atoms with van der Waals surface area (Å²) in [7, 11) is 0. The average Bonchev–Trinajstić information content (AvgIpc) is 2.80. The molecule has 0 fully saturated rings.